The maximum absolute atomic E-state index is 12.6. The van der Waals surface area contributed by atoms with E-state index in [1.54, 1.807) is 12.1 Å². The molecule has 2 saturated heterocycles. The summed E-state index contributed by atoms with van der Waals surface area (Å²) in [5, 5.41) is 2.29. The summed E-state index contributed by atoms with van der Waals surface area (Å²) in [6, 6.07) is 17.0. The summed E-state index contributed by atoms with van der Waals surface area (Å²) in [5.74, 6) is -1.35. The fraction of sp³-hybridized carbons (Fsp3) is 0.467. The van der Waals surface area contributed by atoms with Crippen LogP contribution in [0.1, 0.15) is 42.6 Å². The van der Waals surface area contributed by atoms with Crippen LogP contribution >= 0.6 is 0 Å². The minimum absolute atomic E-state index is 0.274. The second-order valence-electron chi connectivity index (χ2n) is 9.77. The Morgan fingerprint density at radius 3 is 2.12 bits per heavy atom. The molecular weight excluding hydrogens is 512 g/mol. The molecule has 10 nitrogen and oxygen atoms in total. The number of Topliss-reactive ketones (excluding diaryl/α,β-unsaturated/α-hetero) is 1. The summed E-state index contributed by atoms with van der Waals surface area (Å²) in [5.41, 5.74) is 2.83. The molecule has 2 heterocycles. The molecule has 10 heteroatoms. The van der Waals surface area contributed by atoms with Crippen LogP contribution in [0.3, 0.4) is 0 Å². The van der Waals surface area contributed by atoms with E-state index in [0.29, 0.717) is 18.5 Å². The van der Waals surface area contributed by atoms with E-state index in [2.05, 4.69) is 58.0 Å². The lowest BCUT2D eigenvalue weighted by Crippen LogP contribution is -2.58. The van der Waals surface area contributed by atoms with Crippen LogP contribution < -0.4 is 10.2 Å². The summed E-state index contributed by atoms with van der Waals surface area (Å²) >= 11 is 0. The van der Waals surface area contributed by atoms with Gasteiger partial charge in [0.2, 0.25) is 5.91 Å². The largest absolute Gasteiger partial charge is 0.456 e. The molecule has 0 saturated carbocycles. The van der Waals surface area contributed by atoms with Crippen molar-refractivity contribution in [1.29, 1.82) is 0 Å². The van der Waals surface area contributed by atoms with E-state index in [-0.39, 0.29) is 12.3 Å². The number of alkyl carbamates (subject to hydrolysis) is 1. The zero-order valence-corrected chi connectivity index (χ0v) is 23.6. The summed E-state index contributed by atoms with van der Waals surface area (Å²) in [7, 11) is 1.20. The number of methoxy groups -OCH3 is 1. The third kappa shape index (κ3) is 8.81. The van der Waals surface area contributed by atoms with Crippen LogP contribution in [0.25, 0.3) is 0 Å². The Morgan fingerprint density at radius 1 is 0.900 bits per heavy atom. The van der Waals surface area contributed by atoms with Gasteiger partial charge < -0.3 is 24.6 Å². The summed E-state index contributed by atoms with van der Waals surface area (Å²) in [6.45, 7) is 8.65. The zero-order valence-electron chi connectivity index (χ0n) is 23.6. The maximum atomic E-state index is 12.6. The molecule has 1 N–H and O–H groups in total. The van der Waals surface area contributed by atoms with E-state index in [1.165, 1.54) is 24.0 Å². The first-order valence-corrected chi connectivity index (χ1v) is 13.8. The summed E-state index contributed by atoms with van der Waals surface area (Å²) < 4.78 is 9.61. The van der Waals surface area contributed by atoms with Gasteiger partial charge in [-0.2, -0.15) is 0 Å². The van der Waals surface area contributed by atoms with Gasteiger partial charge in [-0.1, -0.05) is 50.6 Å². The van der Waals surface area contributed by atoms with Gasteiger partial charge in [0.05, 0.1) is 7.11 Å². The van der Waals surface area contributed by atoms with Gasteiger partial charge in [0.15, 0.2) is 12.4 Å². The van der Waals surface area contributed by atoms with Gasteiger partial charge in [0, 0.05) is 50.5 Å². The number of esters is 1. The number of nitrogens with zero attached hydrogens (tertiary/aromatic N) is 3. The zero-order chi connectivity index (χ0) is 28.9. The number of anilines is 1. The van der Waals surface area contributed by atoms with Gasteiger partial charge >= 0.3 is 12.1 Å². The molecule has 216 valence electrons. The topological polar surface area (TPSA) is 108 Å². The number of likely N-dealkylation sites (tertiary alicyclic amines) is 1. The molecule has 2 aromatic rings. The first kappa shape index (κ1) is 30.6. The van der Waals surface area contributed by atoms with Gasteiger partial charge in [-0.3, -0.25) is 14.5 Å². The predicted molar refractivity (Wildman–Crippen MR) is 152 cm³/mol. The molecule has 4 rings (SSSR count). The molecule has 1 unspecified atom stereocenters. The number of rotatable bonds is 9. The van der Waals surface area contributed by atoms with E-state index >= 15 is 0 Å². The lowest BCUT2D eigenvalue weighted by atomic mass is 10.0. The average Bonchev–Trinajstić information content (AvgIpc) is 2.95. The van der Waals surface area contributed by atoms with Gasteiger partial charge in [0.1, 0.15) is 12.6 Å². The molecular formula is C30H40N4O6. The van der Waals surface area contributed by atoms with Crippen LogP contribution in [0.4, 0.5) is 10.5 Å². The third-order valence-electron chi connectivity index (χ3n) is 6.70. The monoisotopic (exact) mass is 552 g/mol. The molecule has 0 radical (unpaired) electrons. The molecule has 0 aromatic heterocycles. The third-order valence-corrected chi connectivity index (χ3v) is 6.70. The molecule has 0 bridgehead atoms. The second kappa shape index (κ2) is 15.6. The molecule has 0 aliphatic carbocycles. The van der Waals surface area contributed by atoms with E-state index < -0.39 is 30.6 Å². The van der Waals surface area contributed by atoms with E-state index in [4.69, 9.17) is 4.74 Å². The van der Waals surface area contributed by atoms with Crippen LogP contribution in [0.15, 0.2) is 54.6 Å². The van der Waals surface area contributed by atoms with Crippen molar-refractivity contribution in [2.45, 2.75) is 39.3 Å². The van der Waals surface area contributed by atoms with Crippen molar-refractivity contribution in [2.24, 2.45) is 0 Å². The molecule has 0 spiro atoms. The number of ketones is 1. The highest BCUT2D eigenvalue weighted by molar-refractivity contribution is 5.98. The van der Waals surface area contributed by atoms with Crippen molar-refractivity contribution in [2.75, 3.05) is 57.9 Å². The Balaban J connectivity index is 0.00000141. The second-order valence-corrected chi connectivity index (χ2v) is 9.77. The molecule has 2 aliphatic rings. The number of carbonyl (C=O) groups excluding carboxylic acids is 4. The van der Waals surface area contributed by atoms with Gasteiger partial charge in [-0.05, 0) is 36.2 Å². The number of hydrogen-bond acceptors (Lipinski definition) is 8. The van der Waals surface area contributed by atoms with Crippen LogP contribution in [-0.2, 0) is 25.6 Å². The van der Waals surface area contributed by atoms with E-state index in [1.807, 2.05) is 18.2 Å². The van der Waals surface area contributed by atoms with Crippen molar-refractivity contribution in [3.05, 3.63) is 65.7 Å². The molecule has 2 aromatic carbocycles. The highest BCUT2D eigenvalue weighted by Crippen LogP contribution is 2.20. The fourth-order valence-corrected chi connectivity index (χ4v) is 4.43. The minimum Gasteiger partial charge on any atom is -0.456 e. The normalized spacial score (nSPS) is 16.6. The SMILES string of the molecule is CCC.COC(=O)NCC(=O)N1CCC1C(=O)OCC(=O)c1ccc(N2CCN(Cc3ccccc3)CC2)cc1. The molecule has 2 fully saturated rings. The van der Waals surface area contributed by atoms with E-state index in [0.717, 1.165) is 38.4 Å². The van der Waals surface area contributed by atoms with Crippen molar-refractivity contribution in [3.8, 4) is 0 Å². The van der Waals surface area contributed by atoms with Gasteiger partial charge in [-0.25, -0.2) is 9.59 Å². The lowest BCUT2D eigenvalue weighted by molar-refractivity contribution is -0.160. The predicted octanol–water partition coefficient (Wildman–Crippen LogP) is 3.11. The number of nitrogens with one attached hydrogen (secondary N) is 1. The quantitative estimate of drug-likeness (QED) is 0.374. The van der Waals surface area contributed by atoms with Crippen molar-refractivity contribution in [1.82, 2.24) is 15.1 Å². The Bertz CT molecular complexity index is 1120. The summed E-state index contributed by atoms with van der Waals surface area (Å²) in [4.78, 5) is 54.3. The smallest absolute Gasteiger partial charge is 0.407 e. The van der Waals surface area contributed by atoms with Crippen molar-refractivity contribution in [3.63, 3.8) is 0 Å². The van der Waals surface area contributed by atoms with Gasteiger partial charge in [0.25, 0.3) is 0 Å². The lowest BCUT2D eigenvalue weighted by Gasteiger charge is -2.38. The van der Waals surface area contributed by atoms with Crippen molar-refractivity contribution >= 4 is 29.4 Å². The van der Waals surface area contributed by atoms with Crippen LogP contribution in [0, 0.1) is 0 Å². The van der Waals surface area contributed by atoms with E-state index in [9.17, 15) is 19.2 Å². The first-order valence-electron chi connectivity index (χ1n) is 13.8. The molecule has 2 aliphatic heterocycles. The number of amides is 2. The number of hydrogen-bond donors (Lipinski definition) is 1. The standard InChI is InChI=1S/C27H32N4O6.C3H8/c1-36-27(35)28-17-25(33)31-12-11-23(31)26(34)37-19-24(32)21-7-9-22(10-8-21)30-15-13-29(14-16-30)18-20-5-3-2-4-6-20;1-3-2/h2-10,23H,11-19H2,1H3,(H,28,35);3H2,1-2H3. The average molecular weight is 553 g/mol. The Labute approximate surface area is 236 Å². The Morgan fingerprint density at radius 2 is 1.55 bits per heavy atom. The number of ether oxygens (including phenoxy) is 2. The van der Waals surface area contributed by atoms with Crippen LogP contribution in [0.2, 0.25) is 0 Å². The maximum Gasteiger partial charge on any atom is 0.407 e. The van der Waals surface area contributed by atoms with Crippen LogP contribution in [-0.4, -0.2) is 92.6 Å². The highest BCUT2D eigenvalue weighted by Gasteiger charge is 2.38. The Kier molecular flexibility index (Phi) is 12.0. The minimum atomic E-state index is -0.748. The number of benzene rings is 2. The summed E-state index contributed by atoms with van der Waals surface area (Å²) in [6.07, 6.45) is 0.972. The number of carbonyl (C=O) groups is 4. The fourth-order valence-electron chi connectivity index (χ4n) is 4.43. The van der Waals surface area contributed by atoms with Crippen LogP contribution in [0.5, 0.6) is 0 Å². The molecule has 40 heavy (non-hydrogen) atoms. The highest BCUT2D eigenvalue weighted by atomic mass is 16.5. The molecule has 1 atom stereocenters. The van der Waals surface area contributed by atoms with Crippen molar-refractivity contribution < 1.29 is 28.7 Å². The Hall–Kier alpha value is -3.92. The number of piperazine rings is 1. The van der Waals surface area contributed by atoms with Gasteiger partial charge in [-0.15, -0.1) is 0 Å². The first-order chi connectivity index (χ1) is 19.4. The molecule has 2 amide bonds.